The Morgan fingerprint density at radius 3 is 2.63 bits per heavy atom. The van der Waals surface area contributed by atoms with Crippen LogP contribution in [0.15, 0.2) is 18.2 Å². The second kappa shape index (κ2) is 7.19. The van der Waals surface area contributed by atoms with Crippen molar-refractivity contribution in [2.75, 3.05) is 7.11 Å². The van der Waals surface area contributed by atoms with Gasteiger partial charge >= 0.3 is 5.97 Å². The minimum Gasteiger partial charge on any atom is -0.469 e. The number of methoxy groups -OCH3 is 1. The number of esters is 1. The van der Waals surface area contributed by atoms with E-state index in [-0.39, 0.29) is 5.56 Å². The standard InChI is InChI=1S/C14H18F2O3/c1-3-4-5-11(14(18)19-2)13(17)10-7-6-9(15)8-12(10)16/h6-8,11,13,17H,3-5H2,1-2H3. The predicted octanol–water partition coefficient (Wildman–Crippen LogP) is 2.98. The van der Waals surface area contributed by atoms with E-state index in [0.717, 1.165) is 18.6 Å². The van der Waals surface area contributed by atoms with Gasteiger partial charge in [0.25, 0.3) is 0 Å². The number of carbonyl (C=O) groups is 1. The summed E-state index contributed by atoms with van der Waals surface area (Å²) in [5.74, 6) is -3.02. The molecule has 0 amide bonds. The molecule has 5 heteroatoms. The third-order valence-corrected chi connectivity index (χ3v) is 3.03. The molecule has 2 unspecified atom stereocenters. The van der Waals surface area contributed by atoms with Gasteiger partial charge in [0.1, 0.15) is 11.6 Å². The van der Waals surface area contributed by atoms with Gasteiger partial charge in [0.15, 0.2) is 0 Å². The average molecular weight is 272 g/mol. The molecule has 3 nitrogen and oxygen atoms in total. The normalized spacial score (nSPS) is 13.9. The fourth-order valence-corrected chi connectivity index (χ4v) is 1.94. The van der Waals surface area contributed by atoms with E-state index in [1.807, 2.05) is 6.92 Å². The number of hydrogen-bond acceptors (Lipinski definition) is 3. The lowest BCUT2D eigenvalue weighted by Gasteiger charge is -2.21. The fourth-order valence-electron chi connectivity index (χ4n) is 1.94. The number of hydrogen-bond donors (Lipinski definition) is 1. The van der Waals surface area contributed by atoms with Crippen LogP contribution < -0.4 is 0 Å². The van der Waals surface area contributed by atoms with E-state index < -0.39 is 29.6 Å². The Morgan fingerprint density at radius 2 is 2.11 bits per heavy atom. The Balaban J connectivity index is 2.97. The first-order valence-electron chi connectivity index (χ1n) is 6.22. The van der Waals surface area contributed by atoms with Gasteiger partial charge in [-0.2, -0.15) is 0 Å². The van der Waals surface area contributed by atoms with Gasteiger partial charge in [-0.25, -0.2) is 8.78 Å². The van der Waals surface area contributed by atoms with Crippen LogP contribution in [-0.4, -0.2) is 18.2 Å². The molecule has 1 rings (SSSR count). The molecular weight excluding hydrogens is 254 g/mol. The molecule has 2 atom stereocenters. The molecule has 0 heterocycles. The summed E-state index contributed by atoms with van der Waals surface area (Å²) < 4.78 is 31.0. The molecule has 1 N–H and O–H groups in total. The first-order chi connectivity index (χ1) is 9.01. The summed E-state index contributed by atoms with van der Waals surface area (Å²) >= 11 is 0. The second-order valence-corrected chi connectivity index (χ2v) is 4.38. The van der Waals surface area contributed by atoms with Crippen LogP contribution in [-0.2, 0) is 9.53 Å². The lowest BCUT2D eigenvalue weighted by atomic mass is 9.91. The van der Waals surface area contributed by atoms with E-state index in [0.29, 0.717) is 18.9 Å². The zero-order valence-corrected chi connectivity index (χ0v) is 11.0. The monoisotopic (exact) mass is 272 g/mol. The van der Waals surface area contributed by atoms with Crippen molar-refractivity contribution in [3.8, 4) is 0 Å². The molecule has 0 radical (unpaired) electrons. The Hall–Kier alpha value is -1.49. The Bertz CT molecular complexity index is 435. The molecule has 1 aromatic carbocycles. The maximum absolute atomic E-state index is 13.6. The Morgan fingerprint density at radius 1 is 1.42 bits per heavy atom. The number of ether oxygens (including phenoxy) is 1. The van der Waals surface area contributed by atoms with Crippen molar-refractivity contribution >= 4 is 5.97 Å². The van der Waals surface area contributed by atoms with Crippen molar-refractivity contribution in [3.63, 3.8) is 0 Å². The minimum absolute atomic E-state index is 0.0899. The zero-order valence-electron chi connectivity index (χ0n) is 11.0. The van der Waals surface area contributed by atoms with Gasteiger partial charge in [-0.3, -0.25) is 4.79 Å². The molecule has 0 aliphatic carbocycles. The number of rotatable bonds is 6. The summed E-state index contributed by atoms with van der Waals surface area (Å²) in [4.78, 5) is 11.6. The maximum atomic E-state index is 13.6. The second-order valence-electron chi connectivity index (χ2n) is 4.38. The third kappa shape index (κ3) is 3.99. The molecule has 0 aliphatic heterocycles. The van der Waals surface area contributed by atoms with E-state index in [9.17, 15) is 18.7 Å². The number of halogens is 2. The van der Waals surface area contributed by atoms with E-state index >= 15 is 0 Å². The van der Waals surface area contributed by atoms with Crippen LogP contribution in [0.2, 0.25) is 0 Å². The highest BCUT2D eigenvalue weighted by molar-refractivity contribution is 5.73. The zero-order chi connectivity index (χ0) is 14.4. The Labute approximate surface area is 111 Å². The van der Waals surface area contributed by atoms with E-state index in [4.69, 9.17) is 0 Å². The highest BCUT2D eigenvalue weighted by Gasteiger charge is 2.30. The number of carbonyl (C=O) groups excluding carboxylic acids is 1. The minimum atomic E-state index is -1.33. The summed E-state index contributed by atoms with van der Waals surface area (Å²) in [6.45, 7) is 1.94. The smallest absolute Gasteiger partial charge is 0.311 e. The number of unbranched alkanes of at least 4 members (excludes halogenated alkanes) is 1. The SMILES string of the molecule is CCCCC(C(=O)OC)C(O)c1ccc(F)cc1F. The number of benzene rings is 1. The van der Waals surface area contributed by atoms with Crippen LogP contribution in [0.1, 0.15) is 37.9 Å². The first-order valence-corrected chi connectivity index (χ1v) is 6.22. The summed E-state index contributed by atoms with van der Waals surface area (Å²) in [6.07, 6.45) is 0.604. The highest BCUT2D eigenvalue weighted by Crippen LogP contribution is 2.29. The molecular formula is C14H18F2O3. The molecule has 0 aromatic heterocycles. The maximum Gasteiger partial charge on any atom is 0.311 e. The quantitative estimate of drug-likeness (QED) is 0.810. The molecule has 0 aliphatic rings. The third-order valence-electron chi connectivity index (χ3n) is 3.03. The van der Waals surface area contributed by atoms with Gasteiger partial charge in [-0.05, 0) is 12.5 Å². The molecule has 0 fully saturated rings. The fraction of sp³-hybridized carbons (Fsp3) is 0.500. The van der Waals surface area contributed by atoms with Crippen LogP contribution in [0.4, 0.5) is 8.78 Å². The van der Waals surface area contributed by atoms with E-state index in [2.05, 4.69) is 4.74 Å². The molecule has 0 spiro atoms. The summed E-state index contributed by atoms with van der Waals surface area (Å²) in [7, 11) is 1.22. The number of aliphatic hydroxyl groups excluding tert-OH is 1. The molecule has 1 aromatic rings. The van der Waals surface area contributed by atoms with Crippen LogP contribution in [0.3, 0.4) is 0 Å². The van der Waals surface area contributed by atoms with E-state index in [1.54, 1.807) is 0 Å². The molecule has 106 valence electrons. The summed E-state index contributed by atoms with van der Waals surface area (Å²) in [5, 5.41) is 10.1. The van der Waals surface area contributed by atoms with Crippen LogP contribution >= 0.6 is 0 Å². The molecule has 0 saturated carbocycles. The average Bonchev–Trinajstić information content (AvgIpc) is 2.38. The van der Waals surface area contributed by atoms with Crippen molar-refractivity contribution in [2.24, 2.45) is 5.92 Å². The van der Waals surface area contributed by atoms with Gasteiger partial charge in [0.05, 0.1) is 19.1 Å². The van der Waals surface area contributed by atoms with Crippen molar-refractivity contribution < 1.29 is 23.4 Å². The topological polar surface area (TPSA) is 46.5 Å². The van der Waals surface area contributed by atoms with Gasteiger partial charge in [-0.1, -0.05) is 25.8 Å². The van der Waals surface area contributed by atoms with E-state index in [1.165, 1.54) is 7.11 Å². The predicted molar refractivity (Wildman–Crippen MR) is 66.3 cm³/mol. The summed E-state index contributed by atoms with van der Waals surface area (Å²) in [5.41, 5.74) is -0.0899. The van der Waals surface area contributed by atoms with Gasteiger partial charge < -0.3 is 9.84 Å². The van der Waals surface area contributed by atoms with Crippen LogP contribution in [0.25, 0.3) is 0 Å². The molecule has 19 heavy (non-hydrogen) atoms. The van der Waals surface area contributed by atoms with Gasteiger partial charge in [0, 0.05) is 11.6 Å². The molecule has 0 saturated heterocycles. The molecule has 0 bridgehead atoms. The Kier molecular flexibility index (Phi) is 5.89. The van der Waals surface area contributed by atoms with Crippen LogP contribution in [0.5, 0.6) is 0 Å². The first kappa shape index (κ1) is 15.6. The lowest BCUT2D eigenvalue weighted by Crippen LogP contribution is -2.24. The lowest BCUT2D eigenvalue weighted by molar-refractivity contribution is -0.150. The van der Waals surface area contributed by atoms with Crippen molar-refractivity contribution in [1.29, 1.82) is 0 Å². The van der Waals surface area contributed by atoms with Crippen LogP contribution in [0, 0.1) is 17.6 Å². The summed E-state index contributed by atoms with van der Waals surface area (Å²) in [6, 6.07) is 2.89. The van der Waals surface area contributed by atoms with Gasteiger partial charge in [0.2, 0.25) is 0 Å². The van der Waals surface area contributed by atoms with Gasteiger partial charge in [-0.15, -0.1) is 0 Å². The largest absolute Gasteiger partial charge is 0.469 e. The van der Waals surface area contributed by atoms with Crippen molar-refractivity contribution in [2.45, 2.75) is 32.3 Å². The van der Waals surface area contributed by atoms with Crippen molar-refractivity contribution in [1.82, 2.24) is 0 Å². The highest BCUT2D eigenvalue weighted by atomic mass is 19.1. The number of aliphatic hydroxyl groups is 1. The van der Waals surface area contributed by atoms with Crippen molar-refractivity contribution in [3.05, 3.63) is 35.4 Å².